The minimum absolute atomic E-state index is 0.353. The summed E-state index contributed by atoms with van der Waals surface area (Å²) in [5, 5.41) is 7.43. The molecule has 1 N–H and O–H groups in total. The topological polar surface area (TPSA) is 52.0 Å². The molecule has 0 saturated heterocycles. The van der Waals surface area contributed by atoms with Gasteiger partial charge in [-0.05, 0) is 5.92 Å². The van der Waals surface area contributed by atoms with Crippen molar-refractivity contribution in [1.82, 2.24) is 20.1 Å². The summed E-state index contributed by atoms with van der Waals surface area (Å²) in [5.74, 6) is 1.48. The molecule has 1 atom stereocenters. The number of nitrogens with zero attached hydrogens (tertiary/aromatic N) is 3. The molecule has 0 bridgehead atoms. The van der Waals surface area contributed by atoms with Crippen molar-refractivity contribution in [2.24, 2.45) is 13.0 Å². The van der Waals surface area contributed by atoms with Crippen molar-refractivity contribution in [3.05, 3.63) is 12.2 Å². The Morgan fingerprint density at radius 2 is 2.27 bits per heavy atom. The van der Waals surface area contributed by atoms with Gasteiger partial charge in [-0.3, -0.25) is 4.68 Å². The van der Waals surface area contributed by atoms with Crippen LogP contribution in [0.25, 0.3) is 0 Å². The third kappa shape index (κ3) is 3.60. The summed E-state index contributed by atoms with van der Waals surface area (Å²) in [7, 11) is 3.62. The van der Waals surface area contributed by atoms with E-state index in [0.29, 0.717) is 12.0 Å². The van der Waals surface area contributed by atoms with Crippen LogP contribution in [0.15, 0.2) is 6.33 Å². The maximum atomic E-state index is 5.16. The molecule has 0 amide bonds. The quantitative estimate of drug-likeness (QED) is 0.749. The smallest absolute Gasteiger partial charge is 0.140 e. The SMILES string of the molecule is COCC(NCc1ncnn1C)C(C)C. The summed E-state index contributed by atoms with van der Waals surface area (Å²) >= 11 is 0. The second-order valence-corrected chi connectivity index (χ2v) is 3.99. The predicted molar refractivity (Wildman–Crippen MR) is 58.3 cm³/mol. The Balaban J connectivity index is 2.43. The fourth-order valence-corrected chi connectivity index (χ4v) is 1.37. The average Bonchev–Trinajstić information content (AvgIpc) is 2.58. The largest absolute Gasteiger partial charge is 0.383 e. The van der Waals surface area contributed by atoms with E-state index < -0.39 is 0 Å². The van der Waals surface area contributed by atoms with Crippen molar-refractivity contribution in [2.45, 2.75) is 26.4 Å². The fourth-order valence-electron chi connectivity index (χ4n) is 1.37. The second kappa shape index (κ2) is 5.82. The molecule has 5 nitrogen and oxygen atoms in total. The highest BCUT2D eigenvalue weighted by molar-refractivity contribution is 4.84. The lowest BCUT2D eigenvalue weighted by Gasteiger charge is -2.21. The highest BCUT2D eigenvalue weighted by atomic mass is 16.5. The highest BCUT2D eigenvalue weighted by Gasteiger charge is 2.13. The van der Waals surface area contributed by atoms with E-state index in [0.717, 1.165) is 19.0 Å². The summed E-state index contributed by atoms with van der Waals surface area (Å²) in [6, 6.07) is 0.353. The molecule has 0 aliphatic rings. The number of ether oxygens (including phenoxy) is 1. The van der Waals surface area contributed by atoms with Crippen LogP contribution in [0.4, 0.5) is 0 Å². The molecule has 0 spiro atoms. The number of hydrogen-bond donors (Lipinski definition) is 1. The molecule has 0 saturated carbocycles. The Labute approximate surface area is 90.8 Å². The van der Waals surface area contributed by atoms with Gasteiger partial charge in [0.15, 0.2) is 0 Å². The Hall–Kier alpha value is -0.940. The van der Waals surface area contributed by atoms with E-state index in [1.165, 1.54) is 0 Å². The molecule has 0 radical (unpaired) electrons. The van der Waals surface area contributed by atoms with Crippen molar-refractivity contribution >= 4 is 0 Å². The minimum Gasteiger partial charge on any atom is -0.383 e. The van der Waals surface area contributed by atoms with Crippen LogP contribution < -0.4 is 5.32 Å². The Bertz CT molecular complexity index is 285. The predicted octanol–water partition coefficient (Wildman–Crippen LogP) is 0.576. The molecule has 0 fully saturated rings. The van der Waals surface area contributed by atoms with Gasteiger partial charge in [0.05, 0.1) is 13.2 Å². The summed E-state index contributed by atoms with van der Waals surface area (Å²) < 4.78 is 6.94. The molecule has 1 unspecified atom stereocenters. The summed E-state index contributed by atoms with van der Waals surface area (Å²) in [5.41, 5.74) is 0. The molecular formula is C10H20N4O. The van der Waals surface area contributed by atoms with E-state index in [4.69, 9.17) is 4.74 Å². The van der Waals surface area contributed by atoms with Gasteiger partial charge in [0.2, 0.25) is 0 Å². The van der Waals surface area contributed by atoms with Crippen LogP contribution in [0.2, 0.25) is 0 Å². The van der Waals surface area contributed by atoms with Crippen molar-refractivity contribution in [3.63, 3.8) is 0 Å². The molecule has 15 heavy (non-hydrogen) atoms. The maximum absolute atomic E-state index is 5.16. The standard InChI is InChI=1S/C10H20N4O/c1-8(2)9(6-15-4)11-5-10-12-7-13-14(10)3/h7-9,11H,5-6H2,1-4H3. The van der Waals surface area contributed by atoms with Gasteiger partial charge < -0.3 is 10.1 Å². The summed E-state index contributed by atoms with van der Waals surface area (Å²) in [6.45, 7) is 5.79. The van der Waals surface area contributed by atoms with Gasteiger partial charge >= 0.3 is 0 Å². The van der Waals surface area contributed by atoms with Gasteiger partial charge in [0.25, 0.3) is 0 Å². The van der Waals surface area contributed by atoms with E-state index in [-0.39, 0.29) is 0 Å². The van der Waals surface area contributed by atoms with Crippen LogP contribution in [0.5, 0.6) is 0 Å². The van der Waals surface area contributed by atoms with E-state index in [1.807, 2.05) is 7.05 Å². The van der Waals surface area contributed by atoms with Crippen LogP contribution in [0.1, 0.15) is 19.7 Å². The first-order chi connectivity index (χ1) is 7.15. The Morgan fingerprint density at radius 3 is 2.73 bits per heavy atom. The molecule has 0 aromatic carbocycles. The number of aromatic nitrogens is 3. The van der Waals surface area contributed by atoms with Crippen LogP contribution in [-0.4, -0.2) is 34.5 Å². The maximum Gasteiger partial charge on any atom is 0.140 e. The van der Waals surface area contributed by atoms with Gasteiger partial charge in [-0.25, -0.2) is 4.98 Å². The zero-order chi connectivity index (χ0) is 11.3. The van der Waals surface area contributed by atoms with Gasteiger partial charge in [0, 0.05) is 20.2 Å². The van der Waals surface area contributed by atoms with Crippen molar-refractivity contribution in [2.75, 3.05) is 13.7 Å². The lowest BCUT2D eigenvalue weighted by molar-refractivity contribution is 0.146. The lowest BCUT2D eigenvalue weighted by Crippen LogP contribution is -2.37. The normalized spacial score (nSPS) is 13.4. The molecule has 1 aromatic heterocycles. The first kappa shape index (κ1) is 12.1. The van der Waals surface area contributed by atoms with Crippen LogP contribution >= 0.6 is 0 Å². The first-order valence-corrected chi connectivity index (χ1v) is 5.20. The van der Waals surface area contributed by atoms with Crippen LogP contribution in [0, 0.1) is 5.92 Å². The Kier molecular flexibility index (Phi) is 4.71. The molecule has 0 aliphatic carbocycles. The second-order valence-electron chi connectivity index (χ2n) is 3.99. The van der Waals surface area contributed by atoms with Crippen LogP contribution in [-0.2, 0) is 18.3 Å². The van der Waals surface area contributed by atoms with Gasteiger partial charge in [-0.1, -0.05) is 13.8 Å². The molecule has 86 valence electrons. The van der Waals surface area contributed by atoms with Gasteiger partial charge in [-0.15, -0.1) is 0 Å². The van der Waals surface area contributed by atoms with Crippen molar-refractivity contribution in [1.29, 1.82) is 0 Å². The highest BCUT2D eigenvalue weighted by Crippen LogP contribution is 2.03. The summed E-state index contributed by atoms with van der Waals surface area (Å²) in [4.78, 5) is 4.16. The zero-order valence-corrected chi connectivity index (χ0v) is 9.90. The lowest BCUT2D eigenvalue weighted by atomic mass is 10.1. The Morgan fingerprint density at radius 1 is 1.53 bits per heavy atom. The van der Waals surface area contributed by atoms with Crippen molar-refractivity contribution in [3.8, 4) is 0 Å². The first-order valence-electron chi connectivity index (χ1n) is 5.20. The molecule has 1 rings (SSSR count). The van der Waals surface area contributed by atoms with Crippen molar-refractivity contribution < 1.29 is 4.74 Å². The number of aryl methyl sites for hydroxylation is 1. The fraction of sp³-hybridized carbons (Fsp3) is 0.800. The van der Waals surface area contributed by atoms with E-state index in [9.17, 15) is 0 Å². The zero-order valence-electron chi connectivity index (χ0n) is 9.90. The summed E-state index contributed by atoms with van der Waals surface area (Å²) in [6.07, 6.45) is 1.57. The molecule has 1 aromatic rings. The number of rotatable bonds is 6. The minimum atomic E-state index is 0.353. The molecule has 0 aliphatic heterocycles. The molecule has 5 heteroatoms. The monoisotopic (exact) mass is 212 g/mol. The van der Waals surface area contributed by atoms with E-state index in [1.54, 1.807) is 18.1 Å². The third-order valence-electron chi connectivity index (χ3n) is 2.48. The van der Waals surface area contributed by atoms with Gasteiger partial charge in [-0.2, -0.15) is 5.10 Å². The van der Waals surface area contributed by atoms with E-state index >= 15 is 0 Å². The molecular weight excluding hydrogens is 192 g/mol. The molecule has 1 heterocycles. The number of nitrogens with one attached hydrogen (secondary N) is 1. The number of methoxy groups -OCH3 is 1. The number of hydrogen-bond acceptors (Lipinski definition) is 4. The van der Waals surface area contributed by atoms with Crippen LogP contribution in [0.3, 0.4) is 0 Å². The third-order valence-corrected chi connectivity index (χ3v) is 2.48. The van der Waals surface area contributed by atoms with Gasteiger partial charge in [0.1, 0.15) is 12.2 Å². The average molecular weight is 212 g/mol. The van der Waals surface area contributed by atoms with E-state index in [2.05, 4.69) is 29.2 Å².